The highest BCUT2D eigenvalue weighted by Crippen LogP contribution is 2.13. The summed E-state index contributed by atoms with van der Waals surface area (Å²) in [6, 6.07) is 13.4. The van der Waals surface area contributed by atoms with Crippen LogP contribution in [-0.4, -0.2) is 39.9 Å². The maximum Gasteiger partial charge on any atom is 0.317 e. The van der Waals surface area contributed by atoms with Crippen LogP contribution < -0.4 is 10.1 Å². The first-order valence-electron chi connectivity index (χ1n) is 8.23. The van der Waals surface area contributed by atoms with E-state index in [9.17, 15) is 4.79 Å². The Hall–Kier alpha value is -3.35. The number of nitrogens with zero attached hydrogens (tertiary/aromatic N) is 4. The lowest BCUT2D eigenvalue weighted by Crippen LogP contribution is -2.36. The number of methoxy groups -OCH3 is 1. The normalized spacial score (nSPS) is 10.4. The molecule has 26 heavy (non-hydrogen) atoms. The molecule has 2 aromatic heterocycles. The molecule has 3 rings (SSSR count). The molecular weight excluding hydrogens is 330 g/mol. The van der Waals surface area contributed by atoms with Crippen LogP contribution in [0.3, 0.4) is 0 Å². The number of benzene rings is 1. The predicted octanol–water partition coefficient (Wildman–Crippen LogP) is 2.62. The lowest BCUT2D eigenvalue weighted by atomic mass is 10.2. The Morgan fingerprint density at radius 2 is 2.04 bits per heavy atom. The fourth-order valence-electron chi connectivity index (χ4n) is 2.56. The summed E-state index contributed by atoms with van der Waals surface area (Å²) in [5.41, 5.74) is 2.76. The van der Waals surface area contributed by atoms with Crippen molar-refractivity contribution in [2.24, 2.45) is 0 Å². The van der Waals surface area contributed by atoms with E-state index in [1.807, 2.05) is 48.7 Å². The molecule has 0 aliphatic rings. The van der Waals surface area contributed by atoms with E-state index in [2.05, 4.69) is 15.4 Å². The number of nitrogens with one attached hydrogen (secondary N) is 1. The number of amides is 2. The van der Waals surface area contributed by atoms with Crippen molar-refractivity contribution in [3.8, 4) is 11.6 Å². The van der Waals surface area contributed by atoms with E-state index in [1.165, 1.54) is 0 Å². The van der Waals surface area contributed by atoms with Gasteiger partial charge in [-0.1, -0.05) is 24.3 Å². The Morgan fingerprint density at radius 3 is 2.81 bits per heavy atom. The lowest BCUT2D eigenvalue weighted by Gasteiger charge is -2.17. The fraction of sp³-hybridized carbons (Fsp3) is 0.211. The van der Waals surface area contributed by atoms with E-state index >= 15 is 0 Å². The quantitative estimate of drug-likeness (QED) is 0.741. The molecule has 0 aliphatic carbocycles. The maximum atomic E-state index is 12.3. The second-order valence-electron chi connectivity index (χ2n) is 5.82. The highest BCUT2D eigenvalue weighted by molar-refractivity contribution is 5.73. The number of pyridine rings is 1. The summed E-state index contributed by atoms with van der Waals surface area (Å²) in [7, 11) is 3.31. The molecule has 0 aliphatic heterocycles. The molecule has 7 heteroatoms. The molecule has 3 aromatic rings. The van der Waals surface area contributed by atoms with Crippen LogP contribution in [0.25, 0.3) is 5.69 Å². The smallest absolute Gasteiger partial charge is 0.317 e. The second kappa shape index (κ2) is 8.15. The van der Waals surface area contributed by atoms with Crippen molar-refractivity contribution in [3.05, 3.63) is 72.2 Å². The monoisotopic (exact) mass is 351 g/mol. The van der Waals surface area contributed by atoms with Crippen LogP contribution in [0.15, 0.2) is 61.1 Å². The van der Waals surface area contributed by atoms with Crippen molar-refractivity contribution < 1.29 is 9.53 Å². The highest BCUT2D eigenvalue weighted by Gasteiger charge is 2.12. The number of ether oxygens (including phenoxy) is 1. The first-order valence-corrected chi connectivity index (χ1v) is 8.23. The largest absolute Gasteiger partial charge is 0.481 e. The van der Waals surface area contributed by atoms with Gasteiger partial charge in [0, 0.05) is 37.1 Å². The minimum atomic E-state index is -0.177. The molecule has 1 aromatic carbocycles. The zero-order chi connectivity index (χ0) is 18.4. The average Bonchev–Trinajstić information content (AvgIpc) is 3.15. The minimum absolute atomic E-state index is 0.177. The minimum Gasteiger partial charge on any atom is -0.481 e. The summed E-state index contributed by atoms with van der Waals surface area (Å²) in [6.07, 6.45) is 5.34. The van der Waals surface area contributed by atoms with E-state index in [0.29, 0.717) is 19.0 Å². The third-order valence-corrected chi connectivity index (χ3v) is 3.90. The van der Waals surface area contributed by atoms with Gasteiger partial charge in [-0.2, -0.15) is 5.10 Å². The molecule has 0 saturated carbocycles. The molecule has 0 spiro atoms. The van der Waals surface area contributed by atoms with Crippen LogP contribution in [0.2, 0.25) is 0 Å². The molecule has 7 nitrogen and oxygen atoms in total. The number of rotatable bonds is 6. The number of para-hydroxylation sites is 1. The van der Waals surface area contributed by atoms with Crippen LogP contribution in [0.5, 0.6) is 5.88 Å². The summed E-state index contributed by atoms with van der Waals surface area (Å²) in [4.78, 5) is 18.1. The molecule has 0 unspecified atom stereocenters. The Kier molecular flexibility index (Phi) is 5.48. The molecule has 0 fully saturated rings. The van der Waals surface area contributed by atoms with Crippen molar-refractivity contribution in [2.45, 2.75) is 13.1 Å². The molecule has 2 heterocycles. The lowest BCUT2D eigenvalue weighted by molar-refractivity contribution is 0.206. The zero-order valence-electron chi connectivity index (χ0n) is 14.8. The molecule has 0 radical (unpaired) electrons. The fourth-order valence-corrected chi connectivity index (χ4v) is 2.56. The number of carbonyl (C=O) groups excluding carboxylic acids is 1. The molecule has 134 valence electrons. The number of urea groups is 1. The van der Waals surface area contributed by atoms with Crippen LogP contribution >= 0.6 is 0 Å². The summed E-state index contributed by atoms with van der Waals surface area (Å²) in [6.45, 7) is 0.812. The molecule has 0 atom stereocenters. The summed E-state index contributed by atoms with van der Waals surface area (Å²) in [5.74, 6) is 0.514. The van der Waals surface area contributed by atoms with Crippen LogP contribution in [0.1, 0.15) is 11.1 Å². The van der Waals surface area contributed by atoms with E-state index < -0.39 is 0 Å². The standard InChI is InChI=1S/C19H21N5O2/c1-23(19(25)21-12-16-7-6-10-20-18(16)26-2)13-15-11-22-24(14-15)17-8-4-3-5-9-17/h3-11,14H,12-13H2,1-2H3,(H,21,25). The molecule has 0 saturated heterocycles. The zero-order valence-corrected chi connectivity index (χ0v) is 14.8. The summed E-state index contributed by atoms with van der Waals surface area (Å²) >= 11 is 0. The van der Waals surface area contributed by atoms with Gasteiger partial charge in [0.1, 0.15) is 0 Å². The van der Waals surface area contributed by atoms with E-state index in [1.54, 1.807) is 36.1 Å². The van der Waals surface area contributed by atoms with Gasteiger partial charge in [-0.25, -0.2) is 14.5 Å². The summed E-state index contributed by atoms with van der Waals surface area (Å²) < 4.78 is 6.98. The van der Waals surface area contributed by atoms with Crippen LogP contribution in [-0.2, 0) is 13.1 Å². The molecule has 1 N–H and O–H groups in total. The van der Waals surface area contributed by atoms with Gasteiger partial charge in [0.25, 0.3) is 0 Å². The SMILES string of the molecule is COc1ncccc1CNC(=O)N(C)Cc1cnn(-c2ccccc2)c1. The van der Waals surface area contributed by atoms with Crippen LogP contribution in [0.4, 0.5) is 4.79 Å². The topological polar surface area (TPSA) is 72.3 Å². The van der Waals surface area contributed by atoms with Gasteiger partial charge < -0.3 is 15.0 Å². The number of hydrogen-bond acceptors (Lipinski definition) is 4. The van der Waals surface area contributed by atoms with Gasteiger partial charge in [-0.05, 0) is 18.2 Å². The number of carbonyl (C=O) groups is 1. The Labute approximate surface area is 152 Å². The van der Waals surface area contributed by atoms with Gasteiger partial charge >= 0.3 is 6.03 Å². The third kappa shape index (κ3) is 4.18. The Morgan fingerprint density at radius 1 is 1.23 bits per heavy atom. The third-order valence-electron chi connectivity index (χ3n) is 3.90. The predicted molar refractivity (Wildman–Crippen MR) is 98.1 cm³/mol. The van der Waals surface area contributed by atoms with Gasteiger partial charge in [-0.3, -0.25) is 0 Å². The number of aromatic nitrogens is 3. The van der Waals surface area contributed by atoms with Gasteiger partial charge in [0.2, 0.25) is 5.88 Å². The van der Waals surface area contributed by atoms with Crippen LogP contribution in [0, 0.1) is 0 Å². The van der Waals surface area contributed by atoms with Gasteiger partial charge in [0.15, 0.2) is 0 Å². The Bertz CT molecular complexity index is 863. The Balaban J connectivity index is 1.57. The maximum absolute atomic E-state index is 12.3. The van der Waals surface area contributed by atoms with Crippen molar-refractivity contribution in [2.75, 3.05) is 14.2 Å². The van der Waals surface area contributed by atoms with E-state index in [0.717, 1.165) is 16.8 Å². The second-order valence-corrected chi connectivity index (χ2v) is 5.82. The van der Waals surface area contributed by atoms with Crippen molar-refractivity contribution in [3.63, 3.8) is 0 Å². The first-order chi connectivity index (χ1) is 12.7. The number of hydrogen-bond donors (Lipinski definition) is 1. The highest BCUT2D eigenvalue weighted by atomic mass is 16.5. The molecular formula is C19H21N5O2. The van der Waals surface area contributed by atoms with Crippen molar-refractivity contribution in [1.82, 2.24) is 25.0 Å². The molecule has 0 bridgehead atoms. The van der Waals surface area contributed by atoms with Gasteiger partial charge in [-0.15, -0.1) is 0 Å². The van der Waals surface area contributed by atoms with Crippen molar-refractivity contribution in [1.29, 1.82) is 0 Å². The van der Waals surface area contributed by atoms with E-state index in [-0.39, 0.29) is 6.03 Å². The average molecular weight is 351 g/mol. The van der Waals surface area contributed by atoms with Gasteiger partial charge in [0.05, 0.1) is 25.5 Å². The molecule has 2 amide bonds. The van der Waals surface area contributed by atoms with E-state index in [4.69, 9.17) is 4.74 Å². The summed E-state index contributed by atoms with van der Waals surface area (Å²) in [5, 5.41) is 7.22. The first kappa shape index (κ1) is 17.5. The van der Waals surface area contributed by atoms with Crippen molar-refractivity contribution >= 4 is 6.03 Å².